The summed E-state index contributed by atoms with van der Waals surface area (Å²) < 4.78 is 2.84. The average molecular weight is 435 g/mol. The molecule has 1 aromatic heterocycles. The fourth-order valence-corrected chi connectivity index (χ4v) is 2.80. The predicted octanol–water partition coefficient (Wildman–Crippen LogP) is 2.93. The summed E-state index contributed by atoms with van der Waals surface area (Å²) in [5.41, 5.74) is 1.86. The molecular formula is C19H27BrN6O. The van der Waals surface area contributed by atoms with E-state index < -0.39 is 0 Å². The Bertz CT molecular complexity index is 745. The maximum atomic E-state index is 12.2. The number of benzene rings is 1. The maximum Gasteiger partial charge on any atom is 0.226 e. The summed E-state index contributed by atoms with van der Waals surface area (Å²) in [6, 6.07) is 7.75. The molecule has 0 bridgehead atoms. The van der Waals surface area contributed by atoms with Gasteiger partial charge in [0.05, 0.1) is 0 Å². The highest BCUT2D eigenvalue weighted by Crippen LogP contribution is 2.20. The SMILES string of the molecule is CCNC(=NCCCn1cccn1)NCCC(=O)Nc1cc(Br)ccc1C. The number of nitrogens with one attached hydrogen (secondary N) is 3. The summed E-state index contributed by atoms with van der Waals surface area (Å²) in [5.74, 6) is 0.697. The van der Waals surface area contributed by atoms with Gasteiger partial charge in [-0.2, -0.15) is 5.10 Å². The minimum Gasteiger partial charge on any atom is -0.357 e. The molecule has 2 rings (SSSR count). The Labute approximate surface area is 168 Å². The average Bonchev–Trinajstić information content (AvgIpc) is 3.15. The second-order valence-corrected chi connectivity index (χ2v) is 6.98. The molecule has 0 fully saturated rings. The van der Waals surface area contributed by atoms with E-state index in [-0.39, 0.29) is 5.91 Å². The molecule has 0 saturated heterocycles. The number of amides is 1. The first-order valence-corrected chi connectivity index (χ1v) is 9.93. The molecule has 0 spiro atoms. The second-order valence-electron chi connectivity index (χ2n) is 6.07. The molecule has 0 atom stereocenters. The summed E-state index contributed by atoms with van der Waals surface area (Å²) in [6.07, 6.45) is 4.99. The summed E-state index contributed by atoms with van der Waals surface area (Å²) in [7, 11) is 0. The van der Waals surface area contributed by atoms with Gasteiger partial charge in [-0.25, -0.2) is 0 Å². The van der Waals surface area contributed by atoms with Crippen molar-refractivity contribution in [3.63, 3.8) is 0 Å². The molecule has 3 N–H and O–H groups in total. The molecule has 146 valence electrons. The van der Waals surface area contributed by atoms with Crippen LogP contribution in [0, 0.1) is 6.92 Å². The van der Waals surface area contributed by atoms with Gasteiger partial charge < -0.3 is 16.0 Å². The first-order valence-electron chi connectivity index (χ1n) is 9.14. The molecule has 0 saturated carbocycles. The fourth-order valence-electron chi connectivity index (χ4n) is 2.43. The minimum absolute atomic E-state index is 0.0294. The van der Waals surface area contributed by atoms with E-state index in [1.54, 1.807) is 6.20 Å². The minimum atomic E-state index is -0.0294. The van der Waals surface area contributed by atoms with Crippen LogP contribution in [-0.2, 0) is 11.3 Å². The maximum absolute atomic E-state index is 12.2. The highest BCUT2D eigenvalue weighted by molar-refractivity contribution is 9.10. The lowest BCUT2D eigenvalue weighted by Gasteiger charge is -2.12. The van der Waals surface area contributed by atoms with Gasteiger partial charge >= 0.3 is 0 Å². The van der Waals surface area contributed by atoms with Gasteiger partial charge in [0.1, 0.15) is 0 Å². The van der Waals surface area contributed by atoms with Crippen molar-refractivity contribution < 1.29 is 4.79 Å². The Hall–Kier alpha value is -2.35. The van der Waals surface area contributed by atoms with Crippen LogP contribution in [0.1, 0.15) is 25.3 Å². The predicted molar refractivity (Wildman–Crippen MR) is 113 cm³/mol. The number of nitrogens with zero attached hydrogens (tertiary/aromatic N) is 3. The van der Waals surface area contributed by atoms with Crippen molar-refractivity contribution >= 4 is 33.5 Å². The molecule has 1 amide bonds. The van der Waals surface area contributed by atoms with Crippen LogP contribution in [0.3, 0.4) is 0 Å². The van der Waals surface area contributed by atoms with Gasteiger partial charge in [-0.3, -0.25) is 14.5 Å². The third-order valence-corrected chi connectivity index (χ3v) is 4.33. The molecule has 0 aliphatic carbocycles. The van der Waals surface area contributed by atoms with Gasteiger partial charge in [-0.15, -0.1) is 0 Å². The van der Waals surface area contributed by atoms with Gasteiger partial charge in [0.25, 0.3) is 0 Å². The van der Waals surface area contributed by atoms with Gasteiger partial charge in [-0.1, -0.05) is 22.0 Å². The first kappa shape index (κ1) is 21.0. The Morgan fingerprint density at radius 1 is 1.33 bits per heavy atom. The number of guanidine groups is 1. The van der Waals surface area contributed by atoms with Crippen LogP contribution in [0.15, 0.2) is 46.1 Å². The van der Waals surface area contributed by atoms with Crippen LogP contribution in [0.4, 0.5) is 5.69 Å². The van der Waals surface area contributed by atoms with E-state index in [1.807, 2.05) is 49.0 Å². The van der Waals surface area contributed by atoms with E-state index in [9.17, 15) is 4.79 Å². The lowest BCUT2D eigenvalue weighted by atomic mass is 10.2. The van der Waals surface area contributed by atoms with E-state index in [0.717, 1.165) is 41.2 Å². The molecular weight excluding hydrogens is 408 g/mol. The number of hydrogen-bond acceptors (Lipinski definition) is 3. The molecule has 0 aliphatic heterocycles. The number of anilines is 1. The summed E-state index contributed by atoms with van der Waals surface area (Å²) in [5, 5.41) is 13.5. The van der Waals surface area contributed by atoms with Crippen molar-refractivity contribution in [3.8, 4) is 0 Å². The third-order valence-electron chi connectivity index (χ3n) is 3.84. The Morgan fingerprint density at radius 3 is 2.93 bits per heavy atom. The topological polar surface area (TPSA) is 83.3 Å². The van der Waals surface area contributed by atoms with E-state index in [4.69, 9.17) is 0 Å². The largest absolute Gasteiger partial charge is 0.357 e. The Balaban J connectivity index is 1.73. The lowest BCUT2D eigenvalue weighted by Crippen LogP contribution is -2.38. The third kappa shape index (κ3) is 7.82. The number of carbonyl (C=O) groups is 1. The number of hydrogen-bond donors (Lipinski definition) is 3. The summed E-state index contributed by atoms with van der Waals surface area (Å²) in [4.78, 5) is 16.7. The molecule has 1 heterocycles. The lowest BCUT2D eigenvalue weighted by molar-refractivity contribution is -0.116. The molecule has 27 heavy (non-hydrogen) atoms. The standard InChI is InChI=1S/C19H27BrN6O/c1-3-21-19(22-9-4-12-26-13-5-10-24-26)23-11-8-18(27)25-17-14-16(20)7-6-15(17)2/h5-7,10,13-14H,3-4,8-9,11-12H2,1-2H3,(H,25,27)(H2,21,22,23). The van der Waals surface area contributed by atoms with E-state index in [2.05, 4.69) is 42.0 Å². The van der Waals surface area contributed by atoms with Gasteiger partial charge in [0, 0.05) is 55.2 Å². The van der Waals surface area contributed by atoms with Crippen molar-refractivity contribution in [1.29, 1.82) is 0 Å². The van der Waals surface area contributed by atoms with Crippen molar-refractivity contribution in [1.82, 2.24) is 20.4 Å². The first-order chi connectivity index (χ1) is 13.1. The molecule has 7 nitrogen and oxygen atoms in total. The number of carbonyl (C=O) groups excluding carboxylic acids is 1. The monoisotopic (exact) mass is 434 g/mol. The molecule has 2 aromatic rings. The second kappa shape index (κ2) is 11.4. The summed E-state index contributed by atoms with van der Waals surface area (Å²) in [6.45, 7) is 6.81. The van der Waals surface area contributed by atoms with Gasteiger partial charge in [-0.05, 0) is 44.0 Å². The zero-order valence-electron chi connectivity index (χ0n) is 15.8. The van der Waals surface area contributed by atoms with Crippen molar-refractivity contribution in [3.05, 3.63) is 46.7 Å². The van der Waals surface area contributed by atoms with Crippen LogP contribution in [-0.4, -0.2) is 41.3 Å². The van der Waals surface area contributed by atoms with Crippen LogP contribution >= 0.6 is 15.9 Å². The highest BCUT2D eigenvalue weighted by atomic mass is 79.9. The number of aryl methyl sites for hydroxylation is 2. The van der Waals surface area contributed by atoms with E-state index in [1.165, 1.54) is 0 Å². The normalized spacial score (nSPS) is 11.3. The fraction of sp³-hybridized carbons (Fsp3) is 0.421. The van der Waals surface area contributed by atoms with Crippen molar-refractivity contribution in [2.45, 2.75) is 33.2 Å². The Kier molecular flexibility index (Phi) is 8.83. The smallest absolute Gasteiger partial charge is 0.226 e. The number of aliphatic imine (C=N–C) groups is 1. The molecule has 8 heteroatoms. The van der Waals surface area contributed by atoms with Crippen LogP contribution in [0.5, 0.6) is 0 Å². The van der Waals surface area contributed by atoms with Gasteiger partial charge in [0.15, 0.2) is 5.96 Å². The van der Waals surface area contributed by atoms with Crippen LogP contribution < -0.4 is 16.0 Å². The highest BCUT2D eigenvalue weighted by Gasteiger charge is 2.06. The molecule has 1 aromatic carbocycles. The van der Waals surface area contributed by atoms with E-state index >= 15 is 0 Å². The molecule has 0 aliphatic rings. The van der Waals surface area contributed by atoms with Crippen molar-refractivity contribution in [2.75, 3.05) is 25.0 Å². The van der Waals surface area contributed by atoms with Crippen LogP contribution in [0.2, 0.25) is 0 Å². The molecule has 0 unspecified atom stereocenters. The van der Waals surface area contributed by atoms with E-state index in [0.29, 0.717) is 19.5 Å². The molecule has 0 radical (unpaired) electrons. The van der Waals surface area contributed by atoms with Gasteiger partial charge in [0.2, 0.25) is 5.91 Å². The van der Waals surface area contributed by atoms with Crippen molar-refractivity contribution in [2.24, 2.45) is 4.99 Å². The van der Waals surface area contributed by atoms with Crippen LogP contribution in [0.25, 0.3) is 0 Å². The number of rotatable bonds is 9. The quantitative estimate of drug-likeness (QED) is 0.321. The Morgan fingerprint density at radius 2 is 2.19 bits per heavy atom. The number of halogens is 1. The number of aromatic nitrogens is 2. The zero-order valence-corrected chi connectivity index (χ0v) is 17.4. The zero-order chi connectivity index (χ0) is 19.5. The summed E-state index contributed by atoms with van der Waals surface area (Å²) >= 11 is 3.42.